The van der Waals surface area contributed by atoms with Gasteiger partial charge in [0.25, 0.3) is 6.08 Å². The Bertz CT molecular complexity index is 97.8. The normalized spacial score (nSPS) is 9.50. The molecule has 0 aliphatic rings. The summed E-state index contributed by atoms with van der Waals surface area (Å²) in [6.45, 7) is 0.543. The lowest BCUT2D eigenvalue weighted by Gasteiger charge is -1.93. The zero-order valence-corrected chi connectivity index (χ0v) is 5.78. The van der Waals surface area contributed by atoms with Gasteiger partial charge in [-0.25, -0.2) is 0 Å². The van der Waals surface area contributed by atoms with E-state index < -0.39 is 6.08 Å². The summed E-state index contributed by atoms with van der Waals surface area (Å²) >= 11 is 0. The van der Waals surface area contributed by atoms with Crippen LogP contribution < -0.4 is 0 Å². The van der Waals surface area contributed by atoms with Gasteiger partial charge in [-0.15, -0.1) is 0 Å². The lowest BCUT2D eigenvalue weighted by molar-refractivity contribution is 0.235. The third kappa shape index (κ3) is 7.56. The molecule has 0 spiro atoms. The summed E-state index contributed by atoms with van der Waals surface area (Å²) in [5.41, 5.74) is 0. The maximum absolute atomic E-state index is 11.4. The van der Waals surface area contributed by atoms with E-state index in [-0.39, 0.29) is 0 Å². The molecule has 10 heavy (non-hydrogen) atoms. The Hall–Kier alpha value is -0.440. The molecular weight excluding hydrogens is 138 g/mol. The molecule has 0 aliphatic heterocycles. The Kier molecular flexibility index (Phi) is 6.38. The maximum Gasteiger partial charge on any atom is 0.266 e. The number of unbranched alkanes of at least 4 members (excludes halogenated alkanes) is 2. The Morgan fingerprint density at radius 1 is 1.40 bits per heavy atom. The molecule has 0 unspecified atom stereocenters. The predicted molar refractivity (Wildman–Crippen MR) is 35.5 cm³/mol. The first-order valence-electron chi connectivity index (χ1n) is 3.15. The molecule has 0 bridgehead atoms. The van der Waals surface area contributed by atoms with Gasteiger partial charge in [-0.3, -0.25) is 0 Å². The minimum atomic E-state index is -1.60. The molecule has 0 saturated heterocycles. The number of allylic oxidation sites excluding steroid dienone is 1. The van der Waals surface area contributed by atoms with Crippen LogP contribution in [-0.4, -0.2) is 6.61 Å². The van der Waals surface area contributed by atoms with Crippen molar-refractivity contribution in [1.29, 1.82) is 0 Å². The van der Waals surface area contributed by atoms with Gasteiger partial charge in [-0.2, -0.15) is 8.78 Å². The summed E-state index contributed by atoms with van der Waals surface area (Å²) < 4.78 is 27.2. The van der Waals surface area contributed by atoms with Crippen LogP contribution in [0.4, 0.5) is 8.78 Å². The topological polar surface area (TPSA) is 9.23 Å². The highest BCUT2D eigenvalue weighted by molar-refractivity contribution is 4.79. The Morgan fingerprint density at radius 2 is 2.10 bits per heavy atom. The van der Waals surface area contributed by atoms with Gasteiger partial charge in [0.2, 0.25) is 0 Å². The predicted octanol–water partition coefficient (Wildman–Crippen LogP) is 2.75. The molecule has 0 fully saturated rings. The first-order valence-corrected chi connectivity index (χ1v) is 3.15. The number of rotatable bonds is 5. The van der Waals surface area contributed by atoms with Gasteiger partial charge in [0.1, 0.15) is 0 Å². The molecule has 0 rings (SSSR count). The van der Waals surface area contributed by atoms with Crippen LogP contribution in [-0.2, 0) is 4.74 Å². The van der Waals surface area contributed by atoms with Crippen molar-refractivity contribution in [3.8, 4) is 0 Å². The summed E-state index contributed by atoms with van der Waals surface area (Å²) in [4.78, 5) is 0. The smallest absolute Gasteiger partial charge is 0.266 e. The first-order chi connectivity index (χ1) is 4.77. The van der Waals surface area contributed by atoms with Crippen molar-refractivity contribution in [2.24, 2.45) is 0 Å². The molecule has 3 heteroatoms. The summed E-state index contributed by atoms with van der Waals surface area (Å²) in [6, 6.07) is 0. The second-order valence-corrected chi connectivity index (χ2v) is 1.90. The monoisotopic (exact) mass is 149 g/mol. The van der Waals surface area contributed by atoms with Crippen molar-refractivity contribution in [3.05, 3.63) is 19.3 Å². The van der Waals surface area contributed by atoms with Crippen LogP contribution in [0.25, 0.3) is 0 Å². The number of hydrogen-bond donors (Lipinski definition) is 0. The molecule has 0 aromatic rings. The van der Waals surface area contributed by atoms with Gasteiger partial charge < -0.3 is 4.74 Å². The third-order valence-corrected chi connectivity index (χ3v) is 1.04. The molecule has 0 amide bonds. The van der Waals surface area contributed by atoms with E-state index in [1.165, 1.54) is 0 Å². The van der Waals surface area contributed by atoms with Crippen LogP contribution in [0, 0.1) is 7.11 Å². The largest absolute Gasteiger partial charge is 0.379 e. The SMILES string of the molecule is [CH2]OCCCCC=C(F)F. The summed E-state index contributed by atoms with van der Waals surface area (Å²) in [7, 11) is 3.15. The van der Waals surface area contributed by atoms with Crippen LogP contribution >= 0.6 is 0 Å². The molecule has 0 aromatic heterocycles. The Labute approximate surface area is 59.7 Å². The van der Waals surface area contributed by atoms with Crippen molar-refractivity contribution < 1.29 is 13.5 Å². The summed E-state index contributed by atoms with van der Waals surface area (Å²) in [5, 5.41) is 0. The van der Waals surface area contributed by atoms with Gasteiger partial charge in [0, 0.05) is 6.61 Å². The lowest BCUT2D eigenvalue weighted by Crippen LogP contribution is -1.84. The highest BCUT2D eigenvalue weighted by atomic mass is 19.3. The Balaban J connectivity index is 2.98. The highest BCUT2D eigenvalue weighted by Gasteiger charge is 1.88. The molecule has 0 aromatic carbocycles. The van der Waals surface area contributed by atoms with E-state index in [1.807, 2.05) is 0 Å². The van der Waals surface area contributed by atoms with Gasteiger partial charge in [-0.1, -0.05) is 0 Å². The lowest BCUT2D eigenvalue weighted by atomic mass is 10.2. The van der Waals surface area contributed by atoms with Crippen molar-refractivity contribution in [3.63, 3.8) is 0 Å². The minimum absolute atomic E-state index is 0.422. The van der Waals surface area contributed by atoms with E-state index in [4.69, 9.17) is 0 Å². The molecule has 0 N–H and O–H groups in total. The van der Waals surface area contributed by atoms with Crippen molar-refractivity contribution in [2.45, 2.75) is 19.3 Å². The van der Waals surface area contributed by atoms with E-state index in [9.17, 15) is 8.78 Å². The van der Waals surface area contributed by atoms with Gasteiger partial charge in [-0.05, 0) is 25.3 Å². The fourth-order valence-corrected chi connectivity index (χ4v) is 0.560. The molecule has 59 valence electrons. The minimum Gasteiger partial charge on any atom is -0.379 e. The van der Waals surface area contributed by atoms with Crippen LogP contribution in [0.1, 0.15) is 19.3 Å². The van der Waals surface area contributed by atoms with Crippen molar-refractivity contribution >= 4 is 0 Å². The molecule has 1 nitrogen and oxygen atoms in total. The van der Waals surface area contributed by atoms with E-state index in [1.54, 1.807) is 0 Å². The fraction of sp³-hybridized carbons (Fsp3) is 0.571. The summed E-state index contributed by atoms with van der Waals surface area (Å²) in [5.74, 6) is 0. The Morgan fingerprint density at radius 3 is 2.60 bits per heavy atom. The number of ether oxygens (including phenoxy) is 1. The fourth-order valence-electron chi connectivity index (χ4n) is 0.560. The molecule has 0 atom stereocenters. The average Bonchev–Trinajstić information content (AvgIpc) is 1.87. The van der Waals surface area contributed by atoms with Crippen LogP contribution in [0.3, 0.4) is 0 Å². The van der Waals surface area contributed by atoms with Gasteiger partial charge in [0.15, 0.2) is 0 Å². The second kappa shape index (κ2) is 6.68. The van der Waals surface area contributed by atoms with Gasteiger partial charge in [0.05, 0.1) is 7.11 Å². The molecule has 0 aliphatic carbocycles. The van der Waals surface area contributed by atoms with E-state index in [2.05, 4.69) is 11.8 Å². The van der Waals surface area contributed by atoms with Crippen LogP contribution in [0.5, 0.6) is 0 Å². The highest BCUT2D eigenvalue weighted by Crippen LogP contribution is 2.03. The summed E-state index contributed by atoms with van der Waals surface area (Å²) in [6.07, 6.45) is 1.25. The van der Waals surface area contributed by atoms with Crippen molar-refractivity contribution in [2.75, 3.05) is 6.61 Å². The molecule has 1 radical (unpaired) electrons. The number of hydrogen-bond acceptors (Lipinski definition) is 1. The zero-order valence-electron chi connectivity index (χ0n) is 5.78. The van der Waals surface area contributed by atoms with Gasteiger partial charge >= 0.3 is 0 Å². The first kappa shape index (κ1) is 9.56. The molecule has 0 heterocycles. The average molecular weight is 149 g/mol. The van der Waals surface area contributed by atoms with Crippen LogP contribution in [0.2, 0.25) is 0 Å². The van der Waals surface area contributed by atoms with E-state index >= 15 is 0 Å². The van der Waals surface area contributed by atoms with Crippen LogP contribution in [0.15, 0.2) is 12.2 Å². The molecule has 0 saturated carbocycles. The number of halogens is 2. The third-order valence-electron chi connectivity index (χ3n) is 1.04. The van der Waals surface area contributed by atoms with E-state index in [0.29, 0.717) is 13.0 Å². The second-order valence-electron chi connectivity index (χ2n) is 1.90. The molecular formula is C7H11F2O. The maximum atomic E-state index is 11.4. The standard InChI is InChI=1S/C7H11F2O/c1-10-6-4-2-3-5-7(8)9/h5H,1-4,6H2. The zero-order chi connectivity index (χ0) is 7.82. The quantitative estimate of drug-likeness (QED) is 0.546. The van der Waals surface area contributed by atoms with E-state index in [0.717, 1.165) is 18.9 Å². The van der Waals surface area contributed by atoms with Crippen molar-refractivity contribution in [1.82, 2.24) is 0 Å².